The van der Waals surface area contributed by atoms with Crippen molar-refractivity contribution in [2.45, 2.75) is 102 Å². The van der Waals surface area contributed by atoms with Crippen LogP contribution in [0.3, 0.4) is 0 Å². The summed E-state index contributed by atoms with van der Waals surface area (Å²) in [6.07, 6.45) is 19.2. The molecule has 0 heterocycles. The van der Waals surface area contributed by atoms with E-state index in [4.69, 9.17) is 20.9 Å². The lowest BCUT2D eigenvalue weighted by molar-refractivity contribution is 0.140. The Morgan fingerprint density at radius 1 is 0.553 bits per heavy atom. The number of anilines is 2. The molecule has 4 N–H and O–H groups in total. The Balaban J connectivity index is 1.15. The van der Waals surface area contributed by atoms with E-state index < -0.39 is 0 Å². The Morgan fingerprint density at radius 3 is 1.53 bits per heavy atom. The maximum Gasteiger partial charge on any atom is 0.129 e. The maximum atomic E-state index is 6.16. The lowest BCUT2D eigenvalue weighted by Crippen LogP contribution is -2.35. The second-order valence-corrected chi connectivity index (χ2v) is 14.3. The van der Waals surface area contributed by atoms with E-state index in [1.54, 1.807) is 0 Å². The fourth-order valence-electron chi connectivity index (χ4n) is 8.45. The van der Waals surface area contributed by atoms with Crippen molar-refractivity contribution in [3.63, 3.8) is 0 Å². The number of unbranched alkanes of at least 4 members (excludes halogenated alkanes) is 4. The number of nitrogens with two attached hydrogens (primary N) is 2. The third-order valence-electron chi connectivity index (χ3n) is 11.2. The first-order valence-corrected chi connectivity index (χ1v) is 18.3. The van der Waals surface area contributed by atoms with E-state index >= 15 is 0 Å². The predicted octanol–water partition coefficient (Wildman–Crippen LogP) is 12.1. The van der Waals surface area contributed by atoms with Gasteiger partial charge in [-0.15, -0.1) is 0 Å². The quantitative estimate of drug-likeness (QED) is 0.114. The predicted molar refractivity (Wildman–Crippen MR) is 196 cm³/mol. The summed E-state index contributed by atoms with van der Waals surface area (Å²) < 4.78 is 12.3. The van der Waals surface area contributed by atoms with Crippen LogP contribution in [0.5, 0.6) is 23.0 Å². The molecule has 47 heavy (non-hydrogen) atoms. The van der Waals surface area contributed by atoms with Gasteiger partial charge in [-0.1, -0.05) is 94.7 Å². The van der Waals surface area contributed by atoms with Gasteiger partial charge in [0.1, 0.15) is 23.0 Å². The summed E-state index contributed by atoms with van der Waals surface area (Å²) in [7, 11) is 0. The van der Waals surface area contributed by atoms with Gasteiger partial charge in [0.2, 0.25) is 0 Å². The highest BCUT2D eigenvalue weighted by molar-refractivity contribution is 5.48. The first-order chi connectivity index (χ1) is 23.0. The van der Waals surface area contributed by atoms with Crippen LogP contribution >= 0.6 is 0 Å². The van der Waals surface area contributed by atoms with E-state index in [9.17, 15) is 0 Å². The number of rotatable bonds is 13. The van der Waals surface area contributed by atoms with Gasteiger partial charge in [0.25, 0.3) is 0 Å². The first-order valence-electron chi connectivity index (χ1n) is 18.3. The minimum Gasteiger partial charge on any atom is -0.457 e. The Labute approximate surface area is 282 Å². The largest absolute Gasteiger partial charge is 0.457 e. The van der Waals surface area contributed by atoms with Crippen LogP contribution in [-0.4, -0.2) is 0 Å². The van der Waals surface area contributed by atoms with Crippen LogP contribution in [0.25, 0.3) is 0 Å². The molecule has 4 aromatic rings. The van der Waals surface area contributed by atoms with Crippen molar-refractivity contribution < 1.29 is 9.47 Å². The molecule has 0 aliphatic heterocycles. The zero-order valence-electron chi connectivity index (χ0n) is 28.3. The molecular formula is C43H54N2O2. The SMILES string of the molecule is CCCCCCC[C@H]1CC[C@@H](C2CCC(c3ccc(Oc4cccc(N)c4)cc3)(c3ccc(Oc4cccc(N)c4)cc3)CC2)CC1. The molecule has 2 fully saturated rings. The number of nitrogen functional groups attached to an aromatic ring is 2. The minimum absolute atomic E-state index is 0.0302. The number of hydrogen-bond acceptors (Lipinski definition) is 4. The molecule has 4 aromatic carbocycles. The molecule has 2 saturated carbocycles. The van der Waals surface area contributed by atoms with Crippen molar-refractivity contribution in [2.75, 3.05) is 11.5 Å². The van der Waals surface area contributed by atoms with Crippen molar-refractivity contribution >= 4 is 11.4 Å². The summed E-state index contributed by atoms with van der Waals surface area (Å²) in [4.78, 5) is 0. The lowest BCUT2D eigenvalue weighted by atomic mass is 9.60. The lowest BCUT2D eigenvalue weighted by Gasteiger charge is -2.44. The van der Waals surface area contributed by atoms with E-state index in [1.807, 2.05) is 48.5 Å². The van der Waals surface area contributed by atoms with Crippen LogP contribution in [-0.2, 0) is 5.41 Å². The third kappa shape index (κ3) is 8.52. The van der Waals surface area contributed by atoms with E-state index in [0.29, 0.717) is 11.4 Å². The van der Waals surface area contributed by atoms with E-state index in [0.717, 1.165) is 40.8 Å². The molecule has 248 valence electrons. The van der Waals surface area contributed by atoms with Crippen LogP contribution in [0.4, 0.5) is 11.4 Å². The molecule has 2 aliphatic carbocycles. The first kappa shape index (κ1) is 33.0. The molecule has 0 spiro atoms. The number of hydrogen-bond donors (Lipinski definition) is 2. The highest BCUT2D eigenvalue weighted by Crippen LogP contribution is 2.51. The average molecular weight is 631 g/mol. The van der Waals surface area contributed by atoms with Crippen molar-refractivity contribution in [1.29, 1.82) is 0 Å². The van der Waals surface area contributed by atoms with Gasteiger partial charge in [-0.05, 0) is 116 Å². The van der Waals surface area contributed by atoms with Crippen molar-refractivity contribution in [1.82, 2.24) is 0 Å². The maximum absolute atomic E-state index is 6.16. The Hall–Kier alpha value is -3.92. The fraction of sp³-hybridized carbons (Fsp3) is 0.442. The van der Waals surface area contributed by atoms with Crippen molar-refractivity contribution in [3.05, 3.63) is 108 Å². The molecular weight excluding hydrogens is 576 g/mol. The molecule has 0 saturated heterocycles. The smallest absolute Gasteiger partial charge is 0.129 e. The molecule has 4 heteroatoms. The van der Waals surface area contributed by atoms with E-state index in [-0.39, 0.29) is 5.41 Å². The molecule has 6 rings (SSSR count). The molecule has 4 nitrogen and oxygen atoms in total. The molecule has 0 amide bonds. The number of benzene rings is 4. The normalized spacial score (nSPS) is 19.7. The summed E-state index contributed by atoms with van der Waals surface area (Å²) in [5.41, 5.74) is 16.1. The number of ether oxygens (including phenoxy) is 2. The van der Waals surface area contributed by atoms with Crippen LogP contribution in [0.15, 0.2) is 97.1 Å². The van der Waals surface area contributed by atoms with Crippen LogP contribution in [0.1, 0.15) is 108 Å². The summed E-state index contributed by atoms with van der Waals surface area (Å²) in [5.74, 6) is 5.88. The van der Waals surface area contributed by atoms with Gasteiger partial charge in [-0.3, -0.25) is 0 Å². The van der Waals surface area contributed by atoms with Crippen LogP contribution in [0.2, 0.25) is 0 Å². The second-order valence-electron chi connectivity index (χ2n) is 14.3. The molecule has 0 bridgehead atoms. The van der Waals surface area contributed by atoms with Gasteiger partial charge in [0.05, 0.1) is 0 Å². The third-order valence-corrected chi connectivity index (χ3v) is 11.2. The van der Waals surface area contributed by atoms with Crippen LogP contribution < -0.4 is 20.9 Å². The van der Waals surface area contributed by atoms with E-state index in [2.05, 4.69) is 55.5 Å². The molecule has 2 aliphatic rings. The summed E-state index contributed by atoms with van der Waals surface area (Å²) in [6.45, 7) is 2.31. The molecule has 0 unspecified atom stereocenters. The zero-order valence-corrected chi connectivity index (χ0v) is 28.3. The molecule has 0 atom stereocenters. The zero-order chi connectivity index (χ0) is 32.5. The molecule has 0 radical (unpaired) electrons. The van der Waals surface area contributed by atoms with Gasteiger partial charge in [0, 0.05) is 28.9 Å². The highest BCUT2D eigenvalue weighted by atomic mass is 16.5. The Bertz CT molecular complexity index is 1440. The van der Waals surface area contributed by atoms with E-state index in [1.165, 1.54) is 101 Å². The summed E-state index contributed by atoms with van der Waals surface area (Å²) in [5, 5.41) is 0. The van der Waals surface area contributed by atoms with Gasteiger partial charge in [-0.2, -0.15) is 0 Å². The second kappa shape index (κ2) is 15.8. The average Bonchev–Trinajstić information content (AvgIpc) is 3.09. The van der Waals surface area contributed by atoms with Gasteiger partial charge in [0.15, 0.2) is 0 Å². The van der Waals surface area contributed by atoms with Gasteiger partial charge in [-0.25, -0.2) is 0 Å². The minimum atomic E-state index is -0.0302. The standard InChI is InChI=1S/C43H54N2O2/c1-2-3-4-5-6-9-32-14-16-33(17-15-32)34-26-28-43(29-27-34,35-18-22-39(23-19-35)46-41-12-7-10-37(44)30-41)36-20-24-40(25-21-36)47-42-13-8-11-38(45)31-42/h7-8,10-13,18-25,30-34H,2-6,9,14-17,26-29,44-45H2,1H3/t32-,33+. The van der Waals surface area contributed by atoms with Crippen molar-refractivity contribution in [3.8, 4) is 23.0 Å². The van der Waals surface area contributed by atoms with Gasteiger partial charge >= 0.3 is 0 Å². The van der Waals surface area contributed by atoms with Crippen molar-refractivity contribution in [2.24, 2.45) is 17.8 Å². The summed E-state index contributed by atoms with van der Waals surface area (Å²) >= 11 is 0. The van der Waals surface area contributed by atoms with Gasteiger partial charge < -0.3 is 20.9 Å². The summed E-state index contributed by atoms with van der Waals surface area (Å²) in [6, 6.07) is 32.8. The van der Waals surface area contributed by atoms with Crippen LogP contribution in [0, 0.1) is 17.8 Å². The monoisotopic (exact) mass is 630 g/mol. The molecule has 0 aromatic heterocycles. The highest BCUT2D eigenvalue weighted by Gasteiger charge is 2.41. The Kier molecular flexibility index (Phi) is 11.1. The Morgan fingerprint density at radius 2 is 1.04 bits per heavy atom. The topological polar surface area (TPSA) is 70.5 Å². The fourth-order valence-corrected chi connectivity index (χ4v) is 8.45.